The first-order valence-electron chi connectivity index (χ1n) is 5.32. The minimum Gasteiger partial charge on any atom is -0.507 e. The first kappa shape index (κ1) is 14.0. The third kappa shape index (κ3) is 4.36. The standard InChI is InChI=1S/C12H16BrNO3/c1-17-8-9(6-7-13)14-12(16)10-4-2-3-5-11(10)15/h2-5,9,15H,6-8H2,1H3,(H,14,16). The van der Waals surface area contributed by atoms with Crippen LogP contribution in [0.4, 0.5) is 0 Å². The molecule has 17 heavy (non-hydrogen) atoms. The molecule has 0 fully saturated rings. The number of nitrogens with one attached hydrogen (secondary N) is 1. The number of ether oxygens (including phenoxy) is 1. The molecule has 1 unspecified atom stereocenters. The first-order chi connectivity index (χ1) is 8.19. The van der Waals surface area contributed by atoms with Crippen molar-refractivity contribution in [2.75, 3.05) is 19.0 Å². The van der Waals surface area contributed by atoms with E-state index in [9.17, 15) is 9.90 Å². The molecule has 1 atom stereocenters. The maximum atomic E-state index is 11.9. The van der Waals surface area contributed by atoms with Crippen LogP contribution in [0.1, 0.15) is 16.8 Å². The minimum atomic E-state index is -0.286. The molecule has 0 aromatic heterocycles. The van der Waals surface area contributed by atoms with Gasteiger partial charge in [0.15, 0.2) is 0 Å². The van der Waals surface area contributed by atoms with Gasteiger partial charge in [-0.05, 0) is 18.6 Å². The highest BCUT2D eigenvalue weighted by Crippen LogP contribution is 2.15. The van der Waals surface area contributed by atoms with Crippen LogP contribution in [0.25, 0.3) is 0 Å². The van der Waals surface area contributed by atoms with E-state index < -0.39 is 0 Å². The molecule has 5 heteroatoms. The normalized spacial score (nSPS) is 12.1. The summed E-state index contributed by atoms with van der Waals surface area (Å²) in [6.45, 7) is 0.449. The Balaban J connectivity index is 2.67. The van der Waals surface area contributed by atoms with Gasteiger partial charge in [-0.1, -0.05) is 28.1 Å². The van der Waals surface area contributed by atoms with Gasteiger partial charge in [0, 0.05) is 12.4 Å². The zero-order valence-electron chi connectivity index (χ0n) is 9.65. The van der Waals surface area contributed by atoms with Crippen LogP contribution in [0, 0.1) is 0 Å². The van der Waals surface area contributed by atoms with Gasteiger partial charge in [-0.25, -0.2) is 0 Å². The van der Waals surface area contributed by atoms with Gasteiger partial charge >= 0.3 is 0 Å². The first-order valence-corrected chi connectivity index (χ1v) is 6.45. The van der Waals surface area contributed by atoms with Gasteiger partial charge in [0.1, 0.15) is 5.75 Å². The van der Waals surface area contributed by atoms with Gasteiger partial charge in [-0.3, -0.25) is 4.79 Å². The molecule has 2 N–H and O–H groups in total. The average molecular weight is 302 g/mol. The lowest BCUT2D eigenvalue weighted by molar-refractivity contribution is 0.0893. The van der Waals surface area contributed by atoms with Crippen LogP contribution in [0.3, 0.4) is 0 Å². The SMILES string of the molecule is COCC(CCBr)NC(=O)c1ccccc1O. The smallest absolute Gasteiger partial charge is 0.255 e. The van der Waals surface area contributed by atoms with Crippen molar-refractivity contribution >= 4 is 21.8 Å². The van der Waals surface area contributed by atoms with Crippen LogP contribution in [0.2, 0.25) is 0 Å². The number of alkyl halides is 1. The lowest BCUT2D eigenvalue weighted by atomic mass is 10.1. The number of amides is 1. The lowest BCUT2D eigenvalue weighted by Gasteiger charge is -2.17. The molecule has 0 heterocycles. The van der Waals surface area contributed by atoms with Crippen LogP contribution in [0.15, 0.2) is 24.3 Å². The maximum Gasteiger partial charge on any atom is 0.255 e. The summed E-state index contributed by atoms with van der Waals surface area (Å²) < 4.78 is 5.03. The van der Waals surface area contributed by atoms with Crippen LogP contribution in [-0.4, -0.2) is 36.1 Å². The van der Waals surface area contributed by atoms with Gasteiger partial charge < -0.3 is 15.2 Å². The highest BCUT2D eigenvalue weighted by molar-refractivity contribution is 9.09. The van der Waals surface area contributed by atoms with E-state index in [2.05, 4.69) is 21.2 Å². The topological polar surface area (TPSA) is 58.6 Å². The van der Waals surface area contributed by atoms with E-state index in [0.717, 1.165) is 11.8 Å². The van der Waals surface area contributed by atoms with Gasteiger partial charge in [0.2, 0.25) is 0 Å². The zero-order chi connectivity index (χ0) is 12.7. The second kappa shape index (κ2) is 7.29. The van der Waals surface area contributed by atoms with Gasteiger partial charge in [0.05, 0.1) is 18.2 Å². The summed E-state index contributed by atoms with van der Waals surface area (Å²) in [5.41, 5.74) is 0.281. The number of carbonyl (C=O) groups excluding carboxylic acids is 1. The molecule has 0 aliphatic heterocycles. The molecule has 1 amide bonds. The number of aromatic hydroxyl groups is 1. The Morgan fingerprint density at radius 1 is 1.53 bits per heavy atom. The van der Waals surface area contributed by atoms with E-state index >= 15 is 0 Å². The van der Waals surface area contributed by atoms with E-state index in [4.69, 9.17) is 4.74 Å². The number of phenols is 1. The average Bonchev–Trinajstić information content (AvgIpc) is 2.30. The summed E-state index contributed by atoms with van der Waals surface area (Å²) in [6, 6.07) is 6.40. The maximum absolute atomic E-state index is 11.9. The number of hydrogen-bond donors (Lipinski definition) is 2. The molecule has 94 valence electrons. The Kier molecular flexibility index (Phi) is 6.00. The predicted octanol–water partition coefficient (Wildman–Crippen LogP) is 1.92. The highest BCUT2D eigenvalue weighted by atomic mass is 79.9. The predicted molar refractivity (Wildman–Crippen MR) is 69.6 cm³/mol. The van der Waals surface area contributed by atoms with Crippen molar-refractivity contribution in [2.45, 2.75) is 12.5 Å². The zero-order valence-corrected chi connectivity index (χ0v) is 11.2. The monoisotopic (exact) mass is 301 g/mol. The molecule has 0 aliphatic rings. The van der Waals surface area contributed by atoms with Gasteiger partial charge in [-0.2, -0.15) is 0 Å². The van der Waals surface area contributed by atoms with Crippen molar-refractivity contribution in [3.8, 4) is 5.75 Å². The summed E-state index contributed by atoms with van der Waals surface area (Å²) in [7, 11) is 1.59. The summed E-state index contributed by atoms with van der Waals surface area (Å²) in [5.74, 6) is -0.300. The molecule has 0 saturated heterocycles. The number of phenolic OH excluding ortho intramolecular Hbond substituents is 1. The second-order valence-electron chi connectivity index (χ2n) is 3.62. The van der Waals surface area contributed by atoms with Crippen LogP contribution < -0.4 is 5.32 Å². The third-order valence-corrected chi connectivity index (χ3v) is 2.77. The fraction of sp³-hybridized carbons (Fsp3) is 0.417. The molecule has 0 radical (unpaired) electrons. The highest BCUT2D eigenvalue weighted by Gasteiger charge is 2.15. The molecule has 0 bridgehead atoms. The Hall–Kier alpha value is -1.07. The van der Waals surface area contributed by atoms with E-state index in [-0.39, 0.29) is 23.3 Å². The molecular weight excluding hydrogens is 286 g/mol. The fourth-order valence-corrected chi connectivity index (χ4v) is 2.01. The van der Waals surface area contributed by atoms with Crippen LogP contribution >= 0.6 is 15.9 Å². The number of para-hydroxylation sites is 1. The second-order valence-corrected chi connectivity index (χ2v) is 4.41. The number of methoxy groups -OCH3 is 1. The van der Waals surface area contributed by atoms with Crippen LogP contribution in [0.5, 0.6) is 5.75 Å². The molecule has 1 rings (SSSR count). The molecule has 4 nitrogen and oxygen atoms in total. The number of hydrogen-bond acceptors (Lipinski definition) is 3. The van der Waals surface area contributed by atoms with Crippen molar-refractivity contribution in [3.05, 3.63) is 29.8 Å². The van der Waals surface area contributed by atoms with Gasteiger partial charge in [-0.15, -0.1) is 0 Å². The number of halogens is 1. The summed E-state index contributed by atoms with van der Waals surface area (Å²) in [5, 5.41) is 13.2. The lowest BCUT2D eigenvalue weighted by Crippen LogP contribution is -2.38. The van der Waals surface area contributed by atoms with E-state index in [1.165, 1.54) is 6.07 Å². The van der Waals surface area contributed by atoms with Gasteiger partial charge in [0.25, 0.3) is 5.91 Å². The van der Waals surface area contributed by atoms with E-state index in [0.29, 0.717) is 6.61 Å². The van der Waals surface area contributed by atoms with E-state index in [1.807, 2.05) is 0 Å². The quantitative estimate of drug-likeness (QED) is 0.789. The van der Waals surface area contributed by atoms with Crippen molar-refractivity contribution in [1.29, 1.82) is 0 Å². The van der Waals surface area contributed by atoms with E-state index in [1.54, 1.807) is 25.3 Å². The van der Waals surface area contributed by atoms with Crippen molar-refractivity contribution in [3.63, 3.8) is 0 Å². The summed E-state index contributed by atoms with van der Waals surface area (Å²) in [6.07, 6.45) is 0.771. The van der Waals surface area contributed by atoms with Crippen LogP contribution in [-0.2, 0) is 4.74 Å². The Morgan fingerprint density at radius 2 is 2.24 bits per heavy atom. The molecular formula is C12H16BrNO3. The minimum absolute atomic E-state index is 0.0139. The Labute approximate surface area is 109 Å². The number of benzene rings is 1. The molecule has 1 aromatic carbocycles. The largest absolute Gasteiger partial charge is 0.507 e. The third-order valence-electron chi connectivity index (χ3n) is 2.31. The molecule has 0 spiro atoms. The summed E-state index contributed by atoms with van der Waals surface area (Å²) >= 11 is 3.32. The van der Waals surface area contributed by atoms with Crippen molar-refractivity contribution < 1.29 is 14.6 Å². The molecule has 1 aromatic rings. The summed E-state index contributed by atoms with van der Waals surface area (Å²) in [4.78, 5) is 11.9. The molecule has 0 aliphatic carbocycles. The number of rotatable bonds is 6. The molecule has 0 saturated carbocycles. The Bertz CT molecular complexity index is 365. The van der Waals surface area contributed by atoms with Crippen molar-refractivity contribution in [2.24, 2.45) is 0 Å². The fourth-order valence-electron chi connectivity index (χ4n) is 1.46. The number of carbonyl (C=O) groups is 1. The Morgan fingerprint density at radius 3 is 2.82 bits per heavy atom. The van der Waals surface area contributed by atoms with Crippen molar-refractivity contribution in [1.82, 2.24) is 5.32 Å².